The Morgan fingerprint density at radius 3 is 2.05 bits per heavy atom. The molecule has 1 aliphatic rings. The van der Waals surface area contributed by atoms with E-state index in [1.54, 1.807) is 0 Å². The first-order valence-electron chi connectivity index (χ1n) is 7.51. The zero-order valence-corrected chi connectivity index (χ0v) is 14.9. The van der Waals surface area contributed by atoms with Crippen molar-refractivity contribution in [2.45, 2.75) is 60.0 Å². The molecule has 0 N–H and O–H groups in total. The fourth-order valence-electron chi connectivity index (χ4n) is 3.05. The van der Waals surface area contributed by atoms with Crippen LogP contribution in [0.25, 0.3) is 0 Å². The van der Waals surface area contributed by atoms with Crippen molar-refractivity contribution in [3.05, 3.63) is 0 Å². The van der Waals surface area contributed by atoms with Crippen LogP contribution < -0.4 is 0 Å². The minimum Gasteiger partial charge on any atom is -0.378 e. The largest absolute Gasteiger partial charge is 0.378 e. The molecule has 0 aromatic heterocycles. The quantitative estimate of drug-likeness (QED) is 0.716. The molecule has 20 heavy (non-hydrogen) atoms. The van der Waals surface area contributed by atoms with Crippen molar-refractivity contribution in [3.63, 3.8) is 0 Å². The first-order chi connectivity index (χ1) is 8.97. The standard InChI is InChI=1S/C15H29ClO3S/c1-11-6-12(2)8-14(7-11)19-9-13(15(3,4)5)10-20(16,17)18/h11-14H,6-10H2,1-5H3. The second kappa shape index (κ2) is 6.97. The van der Waals surface area contributed by atoms with Gasteiger partial charge in [0.05, 0.1) is 18.5 Å². The average molecular weight is 325 g/mol. The summed E-state index contributed by atoms with van der Waals surface area (Å²) in [5.41, 5.74) is -0.131. The van der Waals surface area contributed by atoms with Gasteiger partial charge in [0, 0.05) is 16.6 Å². The summed E-state index contributed by atoms with van der Waals surface area (Å²) in [7, 11) is 1.93. The Morgan fingerprint density at radius 1 is 1.15 bits per heavy atom. The normalized spacial score (nSPS) is 30.2. The molecule has 5 heteroatoms. The van der Waals surface area contributed by atoms with E-state index < -0.39 is 9.05 Å². The number of ether oxygens (including phenoxy) is 1. The number of rotatable bonds is 5. The molecular formula is C15H29ClO3S. The van der Waals surface area contributed by atoms with Gasteiger partial charge in [-0.25, -0.2) is 8.42 Å². The van der Waals surface area contributed by atoms with Crippen molar-refractivity contribution in [2.24, 2.45) is 23.2 Å². The van der Waals surface area contributed by atoms with E-state index in [-0.39, 0.29) is 23.2 Å². The molecule has 1 aliphatic carbocycles. The summed E-state index contributed by atoms with van der Waals surface area (Å²) >= 11 is 0. The van der Waals surface area contributed by atoms with Gasteiger partial charge in [0.25, 0.3) is 0 Å². The van der Waals surface area contributed by atoms with Crippen LogP contribution in [0.2, 0.25) is 0 Å². The maximum atomic E-state index is 11.4. The highest BCUT2D eigenvalue weighted by atomic mass is 35.7. The molecule has 3 atom stereocenters. The molecule has 0 saturated heterocycles. The lowest BCUT2D eigenvalue weighted by atomic mass is 9.81. The molecule has 1 fully saturated rings. The minimum atomic E-state index is -3.49. The van der Waals surface area contributed by atoms with Crippen molar-refractivity contribution >= 4 is 19.7 Å². The van der Waals surface area contributed by atoms with Gasteiger partial charge < -0.3 is 4.74 Å². The van der Waals surface area contributed by atoms with Crippen LogP contribution in [0.3, 0.4) is 0 Å². The molecule has 0 aromatic carbocycles. The third-order valence-corrected chi connectivity index (χ3v) is 5.47. The molecule has 0 amide bonds. The Balaban J connectivity index is 2.58. The monoisotopic (exact) mass is 324 g/mol. The highest BCUT2D eigenvalue weighted by molar-refractivity contribution is 8.13. The van der Waals surface area contributed by atoms with E-state index in [1.165, 1.54) is 6.42 Å². The Kier molecular flexibility index (Phi) is 6.36. The zero-order chi connectivity index (χ0) is 15.6. The highest BCUT2D eigenvalue weighted by Crippen LogP contribution is 2.33. The van der Waals surface area contributed by atoms with Crippen LogP contribution in [0.1, 0.15) is 53.9 Å². The molecular weight excluding hydrogens is 296 g/mol. The van der Waals surface area contributed by atoms with Crippen LogP contribution in [-0.2, 0) is 13.8 Å². The predicted octanol–water partition coefficient (Wildman–Crippen LogP) is 4.06. The molecule has 3 nitrogen and oxygen atoms in total. The molecule has 0 radical (unpaired) electrons. The Bertz CT molecular complexity index is 390. The third kappa shape index (κ3) is 6.77. The summed E-state index contributed by atoms with van der Waals surface area (Å²) in [6.45, 7) is 11.1. The summed E-state index contributed by atoms with van der Waals surface area (Å²) in [4.78, 5) is 0. The maximum absolute atomic E-state index is 11.4. The van der Waals surface area contributed by atoms with E-state index in [0.717, 1.165) is 12.8 Å². The van der Waals surface area contributed by atoms with E-state index in [0.29, 0.717) is 18.4 Å². The van der Waals surface area contributed by atoms with E-state index in [1.807, 2.05) is 20.8 Å². The second-order valence-corrected chi connectivity index (χ2v) is 10.5. The fraction of sp³-hybridized carbons (Fsp3) is 1.00. The molecule has 0 spiro atoms. The van der Waals surface area contributed by atoms with Gasteiger partial charge >= 0.3 is 0 Å². The molecule has 0 aromatic rings. The van der Waals surface area contributed by atoms with Gasteiger partial charge in [-0.3, -0.25) is 0 Å². The predicted molar refractivity (Wildman–Crippen MR) is 84.5 cm³/mol. The number of hydrogen-bond acceptors (Lipinski definition) is 3. The van der Waals surface area contributed by atoms with Crippen LogP contribution >= 0.6 is 10.7 Å². The smallest absolute Gasteiger partial charge is 0.232 e. The van der Waals surface area contributed by atoms with Crippen LogP contribution in [0, 0.1) is 23.2 Å². The molecule has 0 aliphatic heterocycles. The van der Waals surface area contributed by atoms with Crippen molar-refractivity contribution in [2.75, 3.05) is 12.4 Å². The van der Waals surface area contributed by atoms with Gasteiger partial charge in [0.15, 0.2) is 0 Å². The summed E-state index contributed by atoms with van der Waals surface area (Å²) in [6.07, 6.45) is 3.68. The van der Waals surface area contributed by atoms with Crippen LogP contribution in [0.5, 0.6) is 0 Å². The highest BCUT2D eigenvalue weighted by Gasteiger charge is 2.31. The molecule has 1 rings (SSSR count). The van der Waals surface area contributed by atoms with Crippen molar-refractivity contribution in [3.8, 4) is 0 Å². The molecule has 0 bridgehead atoms. The first kappa shape index (κ1) is 18.2. The molecule has 1 saturated carbocycles. The summed E-state index contributed by atoms with van der Waals surface area (Å²) in [5.74, 6) is 1.29. The van der Waals surface area contributed by atoms with Crippen molar-refractivity contribution < 1.29 is 13.2 Å². The van der Waals surface area contributed by atoms with E-state index in [2.05, 4.69) is 13.8 Å². The van der Waals surface area contributed by atoms with Gasteiger partial charge in [-0.05, 0) is 36.5 Å². The Hall–Kier alpha value is 0.200. The van der Waals surface area contributed by atoms with Crippen LogP contribution in [0.15, 0.2) is 0 Å². The number of halogens is 1. The summed E-state index contributed by atoms with van der Waals surface area (Å²) in [6, 6.07) is 0. The second-order valence-electron chi connectivity index (χ2n) is 7.64. The van der Waals surface area contributed by atoms with E-state index >= 15 is 0 Å². The van der Waals surface area contributed by atoms with Gasteiger partial charge in [-0.2, -0.15) is 0 Å². The Labute approximate surface area is 128 Å². The average Bonchev–Trinajstić information content (AvgIpc) is 2.19. The fourth-order valence-corrected chi connectivity index (χ4v) is 4.58. The lowest BCUT2D eigenvalue weighted by Crippen LogP contribution is -2.34. The summed E-state index contributed by atoms with van der Waals surface area (Å²) in [5, 5.41) is 0. The maximum Gasteiger partial charge on any atom is 0.232 e. The van der Waals surface area contributed by atoms with Gasteiger partial charge in [-0.1, -0.05) is 34.6 Å². The lowest BCUT2D eigenvalue weighted by Gasteiger charge is -2.35. The molecule has 0 heterocycles. The SMILES string of the molecule is CC1CC(C)CC(OCC(CS(=O)(=O)Cl)C(C)(C)C)C1. The van der Waals surface area contributed by atoms with E-state index in [4.69, 9.17) is 15.4 Å². The lowest BCUT2D eigenvalue weighted by molar-refractivity contribution is -0.0286. The first-order valence-corrected chi connectivity index (χ1v) is 9.99. The van der Waals surface area contributed by atoms with Crippen molar-refractivity contribution in [1.82, 2.24) is 0 Å². The molecule has 3 unspecified atom stereocenters. The minimum absolute atomic E-state index is 0.0180. The third-order valence-electron chi connectivity index (χ3n) is 4.29. The molecule has 120 valence electrons. The van der Waals surface area contributed by atoms with Crippen LogP contribution in [-0.4, -0.2) is 26.9 Å². The van der Waals surface area contributed by atoms with Gasteiger partial charge in [0.2, 0.25) is 9.05 Å². The van der Waals surface area contributed by atoms with Gasteiger partial charge in [-0.15, -0.1) is 0 Å². The zero-order valence-electron chi connectivity index (χ0n) is 13.4. The van der Waals surface area contributed by atoms with E-state index in [9.17, 15) is 8.42 Å². The number of hydrogen-bond donors (Lipinski definition) is 0. The van der Waals surface area contributed by atoms with Gasteiger partial charge in [0.1, 0.15) is 0 Å². The van der Waals surface area contributed by atoms with Crippen molar-refractivity contribution in [1.29, 1.82) is 0 Å². The van der Waals surface area contributed by atoms with Crippen LogP contribution in [0.4, 0.5) is 0 Å². The topological polar surface area (TPSA) is 43.4 Å². The Morgan fingerprint density at radius 2 is 1.65 bits per heavy atom. The summed E-state index contributed by atoms with van der Waals surface area (Å²) < 4.78 is 28.7.